The Labute approximate surface area is 103 Å². The van der Waals surface area contributed by atoms with Gasteiger partial charge in [0.15, 0.2) is 0 Å². The monoisotopic (exact) mass is 231 g/mol. The van der Waals surface area contributed by atoms with E-state index in [0.717, 1.165) is 24.8 Å². The van der Waals surface area contributed by atoms with E-state index in [0.29, 0.717) is 11.2 Å². The van der Waals surface area contributed by atoms with Gasteiger partial charge in [-0.3, -0.25) is 0 Å². The zero-order valence-corrected chi connectivity index (χ0v) is 10.4. The maximum Gasteiger partial charge on any atom is 0.115 e. The van der Waals surface area contributed by atoms with E-state index >= 15 is 0 Å². The Morgan fingerprint density at radius 3 is 2.76 bits per heavy atom. The van der Waals surface area contributed by atoms with Crippen molar-refractivity contribution in [3.05, 3.63) is 29.8 Å². The third-order valence-electron chi connectivity index (χ3n) is 4.50. The highest BCUT2D eigenvalue weighted by atomic mass is 16.3. The molecule has 2 saturated carbocycles. The number of phenols is 1. The Morgan fingerprint density at radius 1 is 1.35 bits per heavy atom. The van der Waals surface area contributed by atoms with Crippen molar-refractivity contribution in [2.24, 2.45) is 17.3 Å². The average Bonchev–Trinajstić information content (AvgIpc) is 2.87. The first kappa shape index (κ1) is 11.1. The van der Waals surface area contributed by atoms with E-state index in [1.165, 1.54) is 24.8 Å². The summed E-state index contributed by atoms with van der Waals surface area (Å²) in [6.07, 6.45) is 5.31. The minimum atomic E-state index is 0.394. The van der Waals surface area contributed by atoms with Crippen molar-refractivity contribution in [1.82, 2.24) is 5.32 Å². The van der Waals surface area contributed by atoms with E-state index < -0.39 is 0 Å². The van der Waals surface area contributed by atoms with Crippen LogP contribution in [0.5, 0.6) is 5.75 Å². The highest BCUT2D eigenvalue weighted by Gasteiger charge is 2.53. The molecule has 3 rings (SSSR count). The number of nitrogens with one attached hydrogen (secondary N) is 1. The molecular weight excluding hydrogens is 210 g/mol. The van der Waals surface area contributed by atoms with Gasteiger partial charge in [0.25, 0.3) is 0 Å². The number of rotatable bonds is 4. The first-order valence-electron chi connectivity index (χ1n) is 6.63. The van der Waals surface area contributed by atoms with Gasteiger partial charge in [-0.05, 0) is 67.7 Å². The number of phenolic OH excluding ortho intramolecular Hbond substituents is 1. The largest absolute Gasteiger partial charge is 0.508 e. The number of aromatic hydroxyl groups is 1. The van der Waals surface area contributed by atoms with Crippen LogP contribution in [-0.2, 0) is 6.42 Å². The van der Waals surface area contributed by atoms with Crippen molar-refractivity contribution in [3.63, 3.8) is 0 Å². The smallest absolute Gasteiger partial charge is 0.115 e. The van der Waals surface area contributed by atoms with Gasteiger partial charge in [0.05, 0.1) is 0 Å². The molecule has 2 unspecified atom stereocenters. The second kappa shape index (κ2) is 4.02. The van der Waals surface area contributed by atoms with Crippen LogP contribution in [0.3, 0.4) is 0 Å². The van der Waals surface area contributed by atoms with Gasteiger partial charge in [0, 0.05) is 6.54 Å². The second-order valence-electron chi connectivity index (χ2n) is 6.04. The summed E-state index contributed by atoms with van der Waals surface area (Å²) in [6, 6.07) is 7.76. The van der Waals surface area contributed by atoms with E-state index in [2.05, 4.69) is 11.4 Å². The summed E-state index contributed by atoms with van der Waals surface area (Å²) in [5, 5.41) is 12.9. The number of hydrogen-bond acceptors (Lipinski definition) is 2. The predicted molar refractivity (Wildman–Crippen MR) is 69.0 cm³/mol. The lowest BCUT2D eigenvalue weighted by atomic mass is 9.77. The van der Waals surface area contributed by atoms with Gasteiger partial charge in [-0.25, -0.2) is 0 Å². The van der Waals surface area contributed by atoms with E-state index in [9.17, 15) is 5.11 Å². The van der Waals surface area contributed by atoms with Crippen molar-refractivity contribution in [2.75, 3.05) is 13.6 Å². The fourth-order valence-electron chi connectivity index (χ4n) is 3.83. The lowest BCUT2D eigenvalue weighted by molar-refractivity contribution is 0.255. The van der Waals surface area contributed by atoms with Gasteiger partial charge in [-0.15, -0.1) is 0 Å². The summed E-state index contributed by atoms with van der Waals surface area (Å²) < 4.78 is 0. The minimum absolute atomic E-state index is 0.394. The highest BCUT2D eigenvalue weighted by Crippen LogP contribution is 2.60. The number of benzene rings is 1. The highest BCUT2D eigenvalue weighted by molar-refractivity contribution is 5.28. The molecule has 1 aromatic carbocycles. The molecule has 17 heavy (non-hydrogen) atoms. The van der Waals surface area contributed by atoms with Crippen molar-refractivity contribution in [1.29, 1.82) is 0 Å². The quantitative estimate of drug-likeness (QED) is 0.834. The van der Waals surface area contributed by atoms with Gasteiger partial charge < -0.3 is 10.4 Å². The predicted octanol–water partition coefficient (Wildman–Crippen LogP) is 2.57. The molecule has 0 heterocycles. The van der Waals surface area contributed by atoms with Crippen LogP contribution in [0.25, 0.3) is 0 Å². The van der Waals surface area contributed by atoms with Crippen LogP contribution in [-0.4, -0.2) is 18.7 Å². The lowest BCUT2D eigenvalue weighted by Crippen LogP contribution is -2.33. The minimum Gasteiger partial charge on any atom is -0.508 e. The Bertz CT molecular complexity index is 405. The maximum atomic E-state index is 9.55. The van der Waals surface area contributed by atoms with E-state index in [1.54, 1.807) is 6.07 Å². The number of hydrogen-bond donors (Lipinski definition) is 2. The van der Waals surface area contributed by atoms with Crippen LogP contribution in [0.4, 0.5) is 0 Å². The number of fused-ring (bicyclic) bond motifs is 1. The van der Waals surface area contributed by atoms with Crippen molar-refractivity contribution < 1.29 is 5.11 Å². The Kier molecular flexibility index (Phi) is 2.62. The fraction of sp³-hybridized carbons (Fsp3) is 0.600. The van der Waals surface area contributed by atoms with E-state index in [1.807, 2.05) is 19.2 Å². The normalized spacial score (nSPS) is 34.6. The van der Waals surface area contributed by atoms with Crippen LogP contribution in [0, 0.1) is 17.3 Å². The van der Waals surface area contributed by atoms with Crippen molar-refractivity contribution in [2.45, 2.75) is 25.7 Å². The van der Waals surface area contributed by atoms with Crippen LogP contribution in [0.15, 0.2) is 24.3 Å². The molecule has 0 saturated heterocycles. The standard InChI is InChI=1S/C15H21NO/c1-16-10-15(8-12-6-13(12)9-15)7-11-3-2-4-14(17)5-11/h2-5,12-13,16-17H,6-10H2,1H3. The Morgan fingerprint density at radius 2 is 2.12 bits per heavy atom. The summed E-state index contributed by atoms with van der Waals surface area (Å²) in [5.74, 6) is 2.39. The molecule has 2 aliphatic carbocycles. The molecule has 0 amide bonds. The molecule has 2 fully saturated rings. The van der Waals surface area contributed by atoms with Crippen LogP contribution < -0.4 is 5.32 Å². The first-order chi connectivity index (χ1) is 8.21. The molecule has 0 bridgehead atoms. The topological polar surface area (TPSA) is 32.3 Å². The third-order valence-corrected chi connectivity index (χ3v) is 4.50. The van der Waals surface area contributed by atoms with E-state index in [4.69, 9.17) is 0 Å². The summed E-state index contributed by atoms with van der Waals surface area (Å²) in [4.78, 5) is 0. The molecule has 2 aliphatic rings. The maximum absolute atomic E-state index is 9.55. The fourth-order valence-corrected chi connectivity index (χ4v) is 3.83. The molecule has 1 aromatic rings. The van der Waals surface area contributed by atoms with Crippen LogP contribution in [0.2, 0.25) is 0 Å². The van der Waals surface area contributed by atoms with Crippen LogP contribution in [0.1, 0.15) is 24.8 Å². The molecular formula is C15H21NO. The summed E-state index contributed by atoms with van der Waals surface area (Å²) >= 11 is 0. The molecule has 92 valence electrons. The Balaban J connectivity index is 1.76. The van der Waals surface area contributed by atoms with Crippen molar-refractivity contribution in [3.8, 4) is 5.75 Å². The average molecular weight is 231 g/mol. The van der Waals surface area contributed by atoms with Gasteiger partial charge in [-0.1, -0.05) is 12.1 Å². The van der Waals surface area contributed by atoms with Gasteiger partial charge in [0.1, 0.15) is 5.75 Å². The molecule has 0 aromatic heterocycles. The molecule has 2 N–H and O–H groups in total. The molecule has 2 nitrogen and oxygen atoms in total. The van der Waals surface area contributed by atoms with E-state index in [-0.39, 0.29) is 0 Å². The summed E-state index contributed by atoms with van der Waals surface area (Å²) in [7, 11) is 2.05. The summed E-state index contributed by atoms with van der Waals surface area (Å²) in [6.45, 7) is 1.11. The molecule has 0 radical (unpaired) electrons. The van der Waals surface area contributed by atoms with Gasteiger partial charge in [0.2, 0.25) is 0 Å². The molecule has 2 heteroatoms. The Hall–Kier alpha value is -1.02. The zero-order valence-electron chi connectivity index (χ0n) is 10.4. The van der Waals surface area contributed by atoms with Gasteiger partial charge >= 0.3 is 0 Å². The molecule has 0 aliphatic heterocycles. The third kappa shape index (κ3) is 2.19. The lowest BCUT2D eigenvalue weighted by Gasteiger charge is -2.31. The second-order valence-corrected chi connectivity index (χ2v) is 6.04. The SMILES string of the molecule is CNCC1(Cc2cccc(O)c2)CC2CC2C1. The molecule has 0 spiro atoms. The zero-order chi connectivity index (χ0) is 11.9. The van der Waals surface area contributed by atoms with Gasteiger partial charge in [-0.2, -0.15) is 0 Å². The summed E-state index contributed by atoms with van der Waals surface area (Å²) in [5.41, 5.74) is 1.72. The van der Waals surface area contributed by atoms with Crippen LogP contribution >= 0.6 is 0 Å². The molecule has 2 atom stereocenters. The first-order valence-corrected chi connectivity index (χ1v) is 6.63. The van der Waals surface area contributed by atoms with Crippen molar-refractivity contribution >= 4 is 0 Å².